The van der Waals surface area contributed by atoms with E-state index in [2.05, 4.69) is 24.2 Å². The maximum atomic E-state index is 9.75. The van der Waals surface area contributed by atoms with E-state index in [0.29, 0.717) is 0 Å². The summed E-state index contributed by atoms with van der Waals surface area (Å²) in [6, 6.07) is 20.3. The monoisotopic (exact) mass is 324 g/mol. The number of nitrogens with zero attached hydrogens (tertiary/aromatic N) is 2. The molecule has 2 rings (SSSR count). The summed E-state index contributed by atoms with van der Waals surface area (Å²) in [4.78, 5) is 0. The molecular weight excluding hydrogens is 307 g/mol. The standard InChI is InChI=1S/C16H17N2.BF4/c1-2-18(14-16-11-7-4-8-12-16)17-13-15-9-5-3-6-10-15;2-1(3,4)5/h3-14H,2H2,1H3;/q+1;-1/b17-13+,18-14-;. The molecule has 0 radical (unpaired) electrons. The maximum absolute atomic E-state index is 9.75. The van der Waals surface area contributed by atoms with E-state index in [-0.39, 0.29) is 0 Å². The van der Waals surface area contributed by atoms with Crippen LogP contribution in [0.3, 0.4) is 0 Å². The molecule has 0 aliphatic heterocycles. The Hall–Kier alpha value is -2.44. The zero-order chi connectivity index (χ0) is 17.1. The van der Waals surface area contributed by atoms with Gasteiger partial charge in [0, 0.05) is 5.56 Å². The van der Waals surface area contributed by atoms with Crippen molar-refractivity contribution in [2.24, 2.45) is 5.10 Å². The smallest absolute Gasteiger partial charge is 0.418 e. The number of benzene rings is 2. The molecule has 7 heteroatoms. The minimum absolute atomic E-state index is 0.845. The van der Waals surface area contributed by atoms with Gasteiger partial charge in [-0.15, -0.1) is 0 Å². The lowest BCUT2D eigenvalue weighted by Crippen LogP contribution is -2.06. The topological polar surface area (TPSA) is 15.4 Å². The molecule has 0 spiro atoms. The summed E-state index contributed by atoms with van der Waals surface area (Å²) in [5.41, 5.74) is 2.27. The second kappa shape index (κ2) is 9.56. The highest BCUT2D eigenvalue weighted by Gasteiger charge is 2.20. The van der Waals surface area contributed by atoms with Crippen molar-refractivity contribution in [3.8, 4) is 0 Å². The molecule has 0 saturated carbocycles. The first kappa shape index (κ1) is 18.6. The maximum Gasteiger partial charge on any atom is 0.673 e. The highest BCUT2D eigenvalue weighted by atomic mass is 19.5. The van der Waals surface area contributed by atoms with Crippen molar-refractivity contribution in [2.45, 2.75) is 6.92 Å². The summed E-state index contributed by atoms with van der Waals surface area (Å²) in [5, 5.41) is 4.46. The Labute approximate surface area is 132 Å². The molecule has 2 aromatic carbocycles. The van der Waals surface area contributed by atoms with E-state index in [1.165, 1.54) is 0 Å². The summed E-state index contributed by atoms with van der Waals surface area (Å²) < 4.78 is 40.9. The first-order valence-corrected chi connectivity index (χ1v) is 7.01. The molecule has 0 aromatic heterocycles. The summed E-state index contributed by atoms with van der Waals surface area (Å²) in [7, 11) is -6.00. The van der Waals surface area contributed by atoms with Crippen LogP contribution < -0.4 is 0 Å². The SMILES string of the molecule is CC[N+](=C/c1ccccc1)/N=C/c1ccccc1.F[B-](F)(F)F. The van der Waals surface area contributed by atoms with E-state index in [1.807, 2.05) is 65.6 Å². The molecule has 0 unspecified atom stereocenters. The van der Waals surface area contributed by atoms with Gasteiger partial charge < -0.3 is 17.3 Å². The van der Waals surface area contributed by atoms with E-state index in [9.17, 15) is 17.3 Å². The van der Waals surface area contributed by atoms with Gasteiger partial charge in [-0.05, 0) is 29.7 Å². The highest BCUT2D eigenvalue weighted by molar-refractivity contribution is 6.50. The minimum atomic E-state index is -6.00. The van der Waals surface area contributed by atoms with Gasteiger partial charge in [-0.2, -0.15) is 0 Å². The molecule has 2 nitrogen and oxygen atoms in total. The molecule has 0 amide bonds. The molecule has 0 aliphatic carbocycles. The van der Waals surface area contributed by atoms with Gasteiger partial charge >= 0.3 is 7.25 Å². The Morgan fingerprint density at radius 2 is 1.30 bits per heavy atom. The predicted octanol–water partition coefficient (Wildman–Crippen LogP) is 4.47. The molecule has 23 heavy (non-hydrogen) atoms. The van der Waals surface area contributed by atoms with Crippen LogP contribution in [0.4, 0.5) is 17.3 Å². The van der Waals surface area contributed by atoms with Gasteiger partial charge in [0.1, 0.15) is 6.21 Å². The van der Waals surface area contributed by atoms with Crippen LogP contribution in [0, 0.1) is 0 Å². The lowest BCUT2D eigenvalue weighted by atomic mass is 10.2. The largest absolute Gasteiger partial charge is 0.673 e. The van der Waals surface area contributed by atoms with Crippen LogP contribution in [0.15, 0.2) is 65.8 Å². The minimum Gasteiger partial charge on any atom is -0.418 e. The van der Waals surface area contributed by atoms with Gasteiger partial charge in [0.25, 0.3) is 0 Å². The molecule has 0 fully saturated rings. The Balaban J connectivity index is 0.000000463. The third-order valence-corrected chi connectivity index (χ3v) is 2.58. The van der Waals surface area contributed by atoms with Gasteiger partial charge in [-0.3, -0.25) is 0 Å². The van der Waals surface area contributed by atoms with Crippen LogP contribution in [-0.2, 0) is 0 Å². The normalized spacial score (nSPS) is 12.0. The second-order valence-corrected chi connectivity index (χ2v) is 4.45. The molecule has 0 heterocycles. The molecule has 0 aliphatic rings. The van der Waals surface area contributed by atoms with E-state index in [0.717, 1.165) is 17.7 Å². The van der Waals surface area contributed by atoms with Crippen LogP contribution in [0.2, 0.25) is 0 Å². The van der Waals surface area contributed by atoms with E-state index >= 15 is 0 Å². The van der Waals surface area contributed by atoms with E-state index in [1.54, 1.807) is 0 Å². The third-order valence-electron chi connectivity index (χ3n) is 2.58. The van der Waals surface area contributed by atoms with Crippen molar-refractivity contribution in [1.82, 2.24) is 0 Å². The Bertz CT molecular complexity index is 620. The summed E-state index contributed by atoms with van der Waals surface area (Å²) >= 11 is 0. The van der Waals surface area contributed by atoms with Gasteiger partial charge in [-0.25, -0.2) is 0 Å². The van der Waals surface area contributed by atoms with Crippen LogP contribution in [0.5, 0.6) is 0 Å². The average molecular weight is 324 g/mol. The highest BCUT2D eigenvalue weighted by Crippen LogP contribution is 2.06. The van der Waals surface area contributed by atoms with Gasteiger partial charge in [0.15, 0.2) is 6.54 Å². The number of rotatable bonds is 4. The second-order valence-electron chi connectivity index (χ2n) is 4.45. The van der Waals surface area contributed by atoms with Crippen molar-refractivity contribution in [3.63, 3.8) is 0 Å². The van der Waals surface area contributed by atoms with E-state index in [4.69, 9.17) is 0 Å². The van der Waals surface area contributed by atoms with Crippen molar-refractivity contribution in [3.05, 3.63) is 71.8 Å². The number of halogens is 4. The first-order valence-electron chi connectivity index (χ1n) is 7.01. The quantitative estimate of drug-likeness (QED) is 0.259. The van der Waals surface area contributed by atoms with Crippen molar-refractivity contribution in [1.29, 1.82) is 0 Å². The summed E-state index contributed by atoms with van der Waals surface area (Å²) in [5.74, 6) is 0. The van der Waals surface area contributed by atoms with Crippen LogP contribution >= 0.6 is 0 Å². The Morgan fingerprint density at radius 3 is 1.74 bits per heavy atom. The predicted molar refractivity (Wildman–Crippen MR) is 86.6 cm³/mol. The molecular formula is C16H17BF4N2. The third kappa shape index (κ3) is 10.0. The summed E-state index contributed by atoms with van der Waals surface area (Å²) in [6.07, 6.45) is 3.92. The molecule has 122 valence electrons. The molecule has 0 saturated heterocycles. The fourth-order valence-electron chi connectivity index (χ4n) is 1.60. The number of hydrogen-bond acceptors (Lipinski definition) is 1. The number of hydrogen-bond donors (Lipinski definition) is 0. The van der Waals surface area contributed by atoms with Crippen molar-refractivity contribution >= 4 is 19.7 Å². The Kier molecular flexibility index (Phi) is 7.73. The molecule has 0 bridgehead atoms. The van der Waals surface area contributed by atoms with Crippen molar-refractivity contribution < 1.29 is 21.9 Å². The van der Waals surface area contributed by atoms with Crippen LogP contribution in [-0.4, -0.2) is 30.9 Å². The molecule has 0 atom stereocenters. The molecule has 2 aromatic rings. The van der Waals surface area contributed by atoms with Gasteiger partial charge in [0.05, 0.1) is 0 Å². The number of hydrazone groups is 1. The average Bonchev–Trinajstić information content (AvgIpc) is 2.52. The zero-order valence-electron chi connectivity index (χ0n) is 12.6. The van der Waals surface area contributed by atoms with Gasteiger partial charge in [0.2, 0.25) is 6.21 Å². The molecule has 0 N–H and O–H groups in total. The Morgan fingerprint density at radius 1 is 0.870 bits per heavy atom. The van der Waals surface area contributed by atoms with Crippen molar-refractivity contribution in [2.75, 3.05) is 6.54 Å². The summed E-state index contributed by atoms with van der Waals surface area (Å²) in [6.45, 7) is 2.93. The fourth-order valence-corrected chi connectivity index (χ4v) is 1.60. The van der Waals surface area contributed by atoms with Crippen LogP contribution in [0.25, 0.3) is 0 Å². The first-order chi connectivity index (χ1) is 10.9. The fraction of sp³-hybridized carbons (Fsp3) is 0.125. The van der Waals surface area contributed by atoms with E-state index < -0.39 is 7.25 Å². The lowest BCUT2D eigenvalue weighted by molar-refractivity contribution is -0.524. The van der Waals surface area contributed by atoms with Gasteiger partial charge in [-0.1, -0.05) is 53.2 Å². The lowest BCUT2D eigenvalue weighted by Gasteiger charge is -1.94. The zero-order valence-corrected chi connectivity index (χ0v) is 12.6. The van der Waals surface area contributed by atoms with Crippen LogP contribution in [0.1, 0.15) is 18.1 Å².